The van der Waals surface area contributed by atoms with Gasteiger partial charge in [0.1, 0.15) is 5.82 Å². The molecule has 1 rings (SSSR count). The van der Waals surface area contributed by atoms with Crippen LogP contribution in [-0.4, -0.2) is 18.4 Å². The summed E-state index contributed by atoms with van der Waals surface area (Å²) >= 11 is 0. The second-order valence-electron chi connectivity index (χ2n) is 4.41. The molecule has 0 spiro atoms. The van der Waals surface area contributed by atoms with E-state index >= 15 is 0 Å². The van der Waals surface area contributed by atoms with Crippen LogP contribution in [0, 0.1) is 24.4 Å². The predicted molar refractivity (Wildman–Crippen MR) is 70.4 cm³/mol. The highest BCUT2D eigenvalue weighted by Crippen LogP contribution is 2.21. The molecule has 0 saturated carbocycles. The van der Waals surface area contributed by atoms with E-state index in [2.05, 4.69) is 11.3 Å². The van der Waals surface area contributed by atoms with Crippen molar-refractivity contribution >= 4 is 11.8 Å². The topological polar surface area (TPSA) is 43.4 Å². The third kappa shape index (κ3) is 3.93. The molecule has 3 nitrogen and oxygen atoms in total. The Morgan fingerprint density at radius 2 is 1.81 bits per heavy atom. The van der Waals surface area contributed by atoms with Crippen molar-refractivity contribution in [1.29, 1.82) is 0 Å². The first kappa shape index (κ1) is 16.9. The zero-order valence-electron chi connectivity index (χ0n) is 11.8. The summed E-state index contributed by atoms with van der Waals surface area (Å²) < 4.78 is 44.8. The van der Waals surface area contributed by atoms with E-state index in [9.17, 15) is 22.8 Å². The number of ketones is 1. The molecule has 0 aliphatic rings. The number of rotatable bonds is 6. The molecule has 0 heterocycles. The summed E-state index contributed by atoms with van der Waals surface area (Å²) in [6, 6.07) is 0.521. The lowest BCUT2D eigenvalue weighted by Gasteiger charge is -2.08. The van der Waals surface area contributed by atoms with Gasteiger partial charge in [0, 0.05) is 17.6 Å². The van der Waals surface area contributed by atoms with Crippen LogP contribution < -0.4 is 0 Å². The van der Waals surface area contributed by atoms with Crippen LogP contribution in [0.4, 0.5) is 13.2 Å². The molecule has 0 atom stereocenters. The van der Waals surface area contributed by atoms with Crippen molar-refractivity contribution < 1.29 is 27.5 Å². The zero-order chi connectivity index (χ0) is 16.2. The number of hydrogen-bond donors (Lipinski definition) is 0. The lowest BCUT2D eigenvalue weighted by Crippen LogP contribution is -2.11. The van der Waals surface area contributed by atoms with Crippen molar-refractivity contribution in [2.45, 2.75) is 26.7 Å². The number of esters is 1. The Morgan fingerprint density at radius 1 is 1.19 bits per heavy atom. The molecule has 21 heavy (non-hydrogen) atoms. The van der Waals surface area contributed by atoms with Gasteiger partial charge in [-0.2, -0.15) is 0 Å². The molecule has 0 N–H and O–H groups in total. The van der Waals surface area contributed by atoms with Gasteiger partial charge in [-0.25, -0.2) is 18.0 Å². The molecule has 114 valence electrons. The van der Waals surface area contributed by atoms with Crippen LogP contribution in [0.3, 0.4) is 0 Å². The van der Waals surface area contributed by atoms with E-state index in [-0.39, 0.29) is 25.0 Å². The normalized spacial score (nSPS) is 10.3. The van der Waals surface area contributed by atoms with E-state index in [0.717, 1.165) is 6.92 Å². The van der Waals surface area contributed by atoms with Crippen molar-refractivity contribution in [3.05, 3.63) is 46.8 Å². The molecular weight excluding hydrogens is 285 g/mol. The number of benzene rings is 1. The second-order valence-corrected chi connectivity index (χ2v) is 4.41. The van der Waals surface area contributed by atoms with Crippen molar-refractivity contribution in [2.24, 2.45) is 0 Å². The third-order valence-electron chi connectivity index (χ3n) is 2.89. The summed E-state index contributed by atoms with van der Waals surface area (Å²) in [4.78, 5) is 23.1. The number of carbonyl (C=O) groups excluding carboxylic acids is 2. The Balaban J connectivity index is 2.82. The fourth-order valence-electron chi connectivity index (χ4n) is 1.67. The van der Waals surface area contributed by atoms with Crippen LogP contribution in [0.15, 0.2) is 18.2 Å². The smallest absolute Gasteiger partial charge is 0.333 e. The van der Waals surface area contributed by atoms with Crippen LogP contribution in [0.2, 0.25) is 0 Å². The van der Waals surface area contributed by atoms with Gasteiger partial charge in [0.15, 0.2) is 17.4 Å². The van der Waals surface area contributed by atoms with Crippen LogP contribution in [0.5, 0.6) is 0 Å². The molecule has 0 radical (unpaired) electrons. The van der Waals surface area contributed by atoms with Crippen LogP contribution >= 0.6 is 0 Å². The highest BCUT2D eigenvalue weighted by atomic mass is 19.2. The van der Waals surface area contributed by atoms with Crippen molar-refractivity contribution in [2.75, 3.05) is 6.61 Å². The molecule has 0 fully saturated rings. The zero-order valence-corrected chi connectivity index (χ0v) is 11.8. The summed E-state index contributed by atoms with van der Waals surface area (Å²) in [5.41, 5.74) is -1.03. The Morgan fingerprint density at radius 3 is 2.38 bits per heavy atom. The lowest BCUT2D eigenvalue weighted by atomic mass is 10.0. The Labute approximate surface area is 120 Å². The maximum atomic E-state index is 13.8. The van der Waals surface area contributed by atoms with Gasteiger partial charge in [-0.15, -0.1) is 0 Å². The van der Waals surface area contributed by atoms with E-state index in [1.54, 1.807) is 6.92 Å². The largest absolute Gasteiger partial charge is 0.463 e. The Kier molecular flexibility index (Phi) is 5.69. The van der Waals surface area contributed by atoms with Crippen molar-refractivity contribution in [3.8, 4) is 0 Å². The average molecular weight is 300 g/mol. The first-order valence-corrected chi connectivity index (χ1v) is 6.31. The van der Waals surface area contributed by atoms with Crippen LogP contribution in [0.1, 0.15) is 35.7 Å². The van der Waals surface area contributed by atoms with Crippen molar-refractivity contribution in [3.63, 3.8) is 0 Å². The molecule has 0 aliphatic heterocycles. The first-order chi connectivity index (χ1) is 9.79. The third-order valence-corrected chi connectivity index (χ3v) is 2.89. The number of Topliss-reactive ketones (excluding diaryl/α,β-unsaturated/α-hetero) is 1. The molecule has 0 saturated heterocycles. The van der Waals surface area contributed by atoms with Crippen LogP contribution in [-0.2, 0) is 9.53 Å². The van der Waals surface area contributed by atoms with E-state index in [1.807, 2.05) is 0 Å². The highest BCUT2D eigenvalue weighted by molar-refractivity contribution is 5.97. The van der Waals surface area contributed by atoms with Gasteiger partial charge in [-0.3, -0.25) is 4.79 Å². The molecular formula is C15H15F3O3. The molecule has 0 aromatic heterocycles. The average Bonchev–Trinajstić information content (AvgIpc) is 2.46. The second kappa shape index (κ2) is 7.06. The molecule has 1 aromatic carbocycles. The number of carbonyl (C=O) groups is 2. The van der Waals surface area contributed by atoms with Crippen LogP contribution in [0.25, 0.3) is 0 Å². The highest BCUT2D eigenvalue weighted by Gasteiger charge is 2.20. The van der Waals surface area contributed by atoms with Gasteiger partial charge in [0.2, 0.25) is 0 Å². The van der Waals surface area contributed by atoms with Crippen molar-refractivity contribution in [1.82, 2.24) is 0 Å². The summed E-state index contributed by atoms with van der Waals surface area (Å²) in [6.45, 7) is 6.29. The van der Waals surface area contributed by atoms with Gasteiger partial charge in [0.25, 0.3) is 0 Å². The maximum absolute atomic E-state index is 13.8. The molecule has 6 heteroatoms. The minimum atomic E-state index is -1.32. The molecule has 1 aromatic rings. The van der Waals surface area contributed by atoms with E-state index in [4.69, 9.17) is 0 Å². The molecule has 0 unspecified atom stereocenters. The summed E-state index contributed by atoms with van der Waals surface area (Å²) in [5.74, 6) is -5.09. The molecule has 0 amide bonds. The van der Waals surface area contributed by atoms with Gasteiger partial charge >= 0.3 is 5.97 Å². The SMILES string of the molecule is C=C(CCC(=O)c1cc(F)c(F)c(C)c1F)C(=O)OCC. The molecule has 0 bridgehead atoms. The summed E-state index contributed by atoms with van der Waals surface area (Å²) in [6.07, 6.45) is -0.297. The number of ether oxygens (including phenoxy) is 1. The van der Waals surface area contributed by atoms with E-state index in [1.165, 1.54) is 0 Å². The Bertz CT molecular complexity index is 594. The Hall–Kier alpha value is -2.11. The number of hydrogen-bond acceptors (Lipinski definition) is 3. The quantitative estimate of drug-likeness (QED) is 0.349. The molecule has 0 aliphatic carbocycles. The first-order valence-electron chi connectivity index (χ1n) is 6.31. The fraction of sp³-hybridized carbons (Fsp3) is 0.333. The predicted octanol–water partition coefficient (Wildman–Crippen LogP) is 3.49. The van der Waals surface area contributed by atoms with Gasteiger partial charge < -0.3 is 4.74 Å². The fourth-order valence-corrected chi connectivity index (χ4v) is 1.67. The van der Waals surface area contributed by atoms with E-state index < -0.39 is 40.3 Å². The summed E-state index contributed by atoms with van der Waals surface area (Å²) in [5, 5.41) is 0. The maximum Gasteiger partial charge on any atom is 0.333 e. The van der Waals surface area contributed by atoms with E-state index in [0.29, 0.717) is 6.07 Å². The van der Waals surface area contributed by atoms with Gasteiger partial charge in [-0.1, -0.05) is 6.58 Å². The lowest BCUT2D eigenvalue weighted by molar-refractivity contribution is -0.138. The van der Waals surface area contributed by atoms with Gasteiger partial charge in [-0.05, 0) is 26.3 Å². The van der Waals surface area contributed by atoms with Gasteiger partial charge in [0.05, 0.1) is 12.2 Å². The summed E-state index contributed by atoms with van der Waals surface area (Å²) in [7, 11) is 0. The monoisotopic (exact) mass is 300 g/mol. The standard InChI is InChI=1S/C15H15F3O3/c1-4-21-15(20)8(2)5-6-12(19)10-7-11(16)14(18)9(3)13(10)17/h7H,2,4-6H2,1,3H3. The minimum Gasteiger partial charge on any atom is -0.463 e. The number of halogens is 3. The minimum absolute atomic E-state index is 0.0465.